The number of fused-ring (bicyclic) bond motifs is 3. The third-order valence-electron chi connectivity index (χ3n) is 6.31. The van der Waals surface area contributed by atoms with Crippen molar-refractivity contribution in [3.63, 3.8) is 0 Å². The van der Waals surface area contributed by atoms with E-state index in [2.05, 4.69) is 20.4 Å². The minimum atomic E-state index is -0.444. The number of rotatable bonds is 12. The minimum Gasteiger partial charge on any atom is -0.493 e. The van der Waals surface area contributed by atoms with E-state index < -0.39 is 5.60 Å². The van der Waals surface area contributed by atoms with Crippen molar-refractivity contribution < 1.29 is 23.7 Å². The Hall–Kier alpha value is -3.18. The van der Waals surface area contributed by atoms with Gasteiger partial charge in [-0.25, -0.2) is 4.98 Å². The molecule has 208 valence electrons. The van der Waals surface area contributed by atoms with Gasteiger partial charge in [0.15, 0.2) is 17.3 Å². The van der Waals surface area contributed by atoms with Gasteiger partial charge in [-0.3, -0.25) is 14.1 Å². The number of aromatic nitrogens is 4. The smallest absolute Gasteiger partial charge is 0.306 e. The Morgan fingerprint density at radius 3 is 2.63 bits per heavy atom. The zero-order chi connectivity index (χ0) is 27.1. The molecule has 0 unspecified atom stereocenters. The quantitative estimate of drug-likeness (QED) is 0.276. The molecule has 0 atom stereocenters. The van der Waals surface area contributed by atoms with Crippen molar-refractivity contribution in [2.75, 3.05) is 58.4 Å². The average Bonchev–Trinajstić information content (AvgIpc) is 3.27. The largest absolute Gasteiger partial charge is 0.493 e. The summed E-state index contributed by atoms with van der Waals surface area (Å²) in [5, 5.41) is 12.1. The van der Waals surface area contributed by atoms with Gasteiger partial charge in [-0.2, -0.15) is 0 Å². The highest BCUT2D eigenvalue weighted by Gasteiger charge is 2.18. The zero-order valence-electron chi connectivity index (χ0n) is 23.2. The van der Waals surface area contributed by atoms with Crippen LogP contribution in [0.3, 0.4) is 0 Å². The summed E-state index contributed by atoms with van der Waals surface area (Å²) in [4.78, 5) is 19.1. The van der Waals surface area contributed by atoms with Crippen molar-refractivity contribution >= 4 is 28.5 Å². The molecule has 0 saturated carbocycles. The molecule has 11 heteroatoms. The predicted molar refractivity (Wildman–Crippen MR) is 145 cm³/mol. The fourth-order valence-corrected chi connectivity index (χ4v) is 4.45. The third-order valence-corrected chi connectivity index (χ3v) is 6.31. The van der Waals surface area contributed by atoms with Crippen LogP contribution in [-0.4, -0.2) is 89.2 Å². The summed E-state index contributed by atoms with van der Waals surface area (Å²) < 4.78 is 24.6. The van der Waals surface area contributed by atoms with Crippen LogP contribution in [0.2, 0.25) is 0 Å². The molecule has 11 nitrogen and oxygen atoms in total. The summed E-state index contributed by atoms with van der Waals surface area (Å²) in [5.41, 5.74) is 1.83. The molecular formula is C27H40N6O5. The van der Waals surface area contributed by atoms with Crippen LogP contribution in [0.25, 0.3) is 16.7 Å². The van der Waals surface area contributed by atoms with E-state index in [9.17, 15) is 4.79 Å². The maximum absolute atomic E-state index is 11.9. The Morgan fingerprint density at radius 2 is 1.89 bits per heavy atom. The first-order valence-electron chi connectivity index (χ1n) is 13.4. The van der Waals surface area contributed by atoms with Gasteiger partial charge in [-0.1, -0.05) is 6.42 Å². The van der Waals surface area contributed by atoms with E-state index in [-0.39, 0.29) is 5.97 Å². The second kappa shape index (κ2) is 12.6. The van der Waals surface area contributed by atoms with Gasteiger partial charge in [0.2, 0.25) is 5.65 Å². The second-order valence-electron chi connectivity index (χ2n) is 10.5. The molecule has 1 aliphatic rings. The number of nitrogens with zero attached hydrogens (tertiary/aromatic N) is 5. The first-order chi connectivity index (χ1) is 18.2. The van der Waals surface area contributed by atoms with Gasteiger partial charge in [0, 0.05) is 44.7 Å². The van der Waals surface area contributed by atoms with Crippen molar-refractivity contribution in [3.05, 3.63) is 18.0 Å². The second-order valence-corrected chi connectivity index (χ2v) is 10.5. The normalized spacial score (nSPS) is 14.7. The standard InChI is InChI=1S/C27H40N6O5/c1-19-30-31-26-25(28-10-8-6-7-9-24(34)38-27(2,3)4)29-20-17-22(35-5)23(18-21(20)33(19)26)37-16-13-32-11-14-36-15-12-32/h17-18H,6-16H2,1-5H3,(H,28,29). The number of anilines is 1. The van der Waals surface area contributed by atoms with Gasteiger partial charge in [-0.15, -0.1) is 10.2 Å². The highest BCUT2D eigenvalue weighted by molar-refractivity contribution is 5.85. The number of morpholine rings is 1. The lowest BCUT2D eigenvalue weighted by Crippen LogP contribution is -2.38. The van der Waals surface area contributed by atoms with Crippen LogP contribution in [0, 0.1) is 6.92 Å². The van der Waals surface area contributed by atoms with Crippen molar-refractivity contribution in [3.8, 4) is 11.5 Å². The van der Waals surface area contributed by atoms with Crippen LogP contribution >= 0.6 is 0 Å². The van der Waals surface area contributed by atoms with Crippen LogP contribution in [0.15, 0.2) is 12.1 Å². The Labute approximate surface area is 223 Å². The van der Waals surface area contributed by atoms with E-state index in [1.54, 1.807) is 7.11 Å². The van der Waals surface area contributed by atoms with Gasteiger partial charge < -0.3 is 24.3 Å². The lowest BCUT2D eigenvalue weighted by molar-refractivity contribution is -0.154. The molecule has 1 N–H and O–H groups in total. The number of esters is 1. The van der Waals surface area contributed by atoms with Crippen LogP contribution in [0.5, 0.6) is 11.5 Å². The van der Waals surface area contributed by atoms with Gasteiger partial charge in [-0.05, 0) is 40.5 Å². The van der Waals surface area contributed by atoms with E-state index >= 15 is 0 Å². The van der Waals surface area contributed by atoms with Crippen molar-refractivity contribution in [2.24, 2.45) is 0 Å². The predicted octanol–water partition coefficient (Wildman–Crippen LogP) is 3.62. The van der Waals surface area contributed by atoms with Crippen molar-refractivity contribution in [1.29, 1.82) is 0 Å². The molecule has 1 fully saturated rings. The molecule has 3 aromatic rings. The number of carbonyl (C=O) groups excluding carboxylic acids is 1. The maximum atomic E-state index is 11.9. The first kappa shape index (κ1) is 27.8. The average molecular weight is 529 g/mol. The SMILES string of the molecule is COc1cc2nc(NCCCCCC(=O)OC(C)(C)C)c3nnc(C)n3c2cc1OCCN1CCOCC1. The third kappa shape index (κ3) is 7.22. The van der Waals surface area contributed by atoms with Crippen molar-refractivity contribution in [1.82, 2.24) is 24.5 Å². The molecule has 3 heterocycles. The van der Waals surface area contributed by atoms with Gasteiger partial charge in [0.25, 0.3) is 0 Å². The van der Waals surface area contributed by atoms with E-state index in [4.69, 9.17) is 23.9 Å². The van der Waals surface area contributed by atoms with E-state index in [0.717, 1.165) is 69.0 Å². The molecule has 0 radical (unpaired) electrons. The molecule has 38 heavy (non-hydrogen) atoms. The summed E-state index contributed by atoms with van der Waals surface area (Å²) in [6.45, 7) is 13.0. The van der Waals surface area contributed by atoms with Crippen molar-refractivity contribution in [2.45, 2.75) is 59.0 Å². The van der Waals surface area contributed by atoms with Crippen LogP contribution in [0.4, 0.5) is 5.82 Å². The summed E-state index contributed by atoms with van der Waals surface area (Å²) in [6.07, 6.45) is 3.00. The first-order valence-corrected chi connectivity index (χ1v) is 13.4. The Balaban J connectivity index is 1.41. The van der Waals surface area contributed by atoms with E-state index in [1.807, 2.05) is 44.2 Å². The number of nitrogens with one attached hydrogen (secondary N) is 1. The maximum Gasteiger partial charge on any atom is 0.306 e. The fraction of sp³-hybridized carbons (Fsp3) is 0.630. The number of unbranched alkanes of at least 4 members (excludes halogenated alkanes) is 2. The lowest BCUT2D eigenvalue weighted by atomic mass is 10.1. The summed E-state index contributed by atoms with van der Waals surface area (Å²) in [7, 11) is 1.63. The minimum absolute atomic E-state index is 0.152. The summed E-state index contributed by atoms with van der Waals surface area (Å²) >= 11 is 0. The molecule has 0 spiro atoms. The molecule has 0 amide bonds. The van der Waals surface area contributed by atoms with Crippen LogP contribution in [0.1, 0.15) is 52.3 Å². The topological polar surface area (TPSA) is 112 Å². The number of hydrogen-bond acceptors (Lipinski definition) is 10. The number of ether oxygens (including phenoxy) is 4. The van der Waals surface area contributed by atoms with Gasteiger partial charge >= 0.3 is 5.97 Å². The molecule has 2 aromatic heterocycles. The van der Waals surface area contributed by atoms with E-state index in [0.29, 0.717) is 42.5 Å². The molecule has 1 aliphatic heterocycles. The molecule has 1 saturated heterocycles. The monoisotopic (exact) mass is 528 g/mol. The summed E-state index contributed by atoms with van der Waals surface area (Å²) in [5.74, 6) is 2.56. The van der Waals surface area contributed by atoms with Crippen LogP contribution < -0.4 is 14.8 Å². The lowest BCUT2D eigenvalue weighted by Gasteiger charge is -2.26. The molecule has 0 aliphatic carbocycles. The van der Waals surface area contributed by atoms with Crippen LogP contribution in [-0.2, 0) is 14.3 Å². The molecule has 1 aromatic carbocycles. The van der Waals surface area contributed by atoms with Gasteiger partial charge in [0.1, 0.15) is 18.0 Å². The molecule has 4 rings (SSSR count). The van der Waals surface area contributed by atoms with E-state index in [1.165, 1.54) is 0 Å². The number of hydrogen-bond donors (Lipinski definition) is 1. The summed E-state index contributed by atoms with van der Waals surface area (Å²) in [6, 6.07) is 3.84. The highest BCUT2D eigenvalue weighted by atomic mass is 16.6. The number of carbonyl (C=O) groups is 1. The molecular weight excluding hydrogens is 488 g/mol. The molecule has 0 bridgehead atoms. The number of aryl methyl sites for hydroxylation is 1. The fourth-order valence-electron chi connectivity index (χ4n) is 4.45. The number of methoxy groups -OCH3 is 1. The zero-order valence-corrected chi connectivity index (χ0v) is 23.2. The number of benzene rings is 1. The van der Waals surface area contributed by atoms with Gasteiger partial charge in [0.05, 0.1) is 31.4 Å². The Bertz CT molecular complexity index is 1230. The Kier molecular flexibility index (Phi) is 9.22. The highest BCUT2D eigenvalue weighted by Crippen LogP contribution is 2.33. The Morgan fingerprint density at radius 1 is 1.11 bits per heavy atom.